The molecule has 3 rings (SSSR count). The monoisotopic (exact) mass is 554 g/mol. The van der Waals surface area contributed by atoms with E-state index < -0.39 is 0 Å². The van der Waals surface area contributed by atoms with Crippen LogP contribution in [0.4, 0.5) is 4.39 Å². The minimum absolute atomic E-state index is 0. The molecule has 174 valence electrons. The van der Waals surface area contributed by atoms with E-state index in [1.54, 1.807) is 23.0 Å². The second kappa shape index (κ2) is 12.6. The number of benzene rings is 1. The summed E-state index contributed by atoms with van der Waals surface area (Å²) < 4.78 is 21.8. The maximum atomic E-state index is 14.6. The molecule has 0 radical (unpaired) electrons. The first-order chi connectivity index (χ1) is 15.0. The molecular weight excluding hydrogens is 522 g/mol. The van der Waals surface area contributed by atoms with E-state index in [-0.39, 0.29) is 29.8 Å². The van der Waals surface area contributed by atoms with Crippen molar-refractivity contribution >= 4 is 29.9 Å². The Labute approximate surface area is 205 Å². The van der Waals surface area contributed by atoms with Gasteiger partial charge in [-0.3, -0.25) is 0 Å². The van der Waals surface area contributed by atoms with Crippen molar-refractivity contribution < 1.29 is 8.91 Å². The van der Waals surface area contributed by atoms with Crippen molar-refractivity contribution in [2.24, 2.45) is 4.99 Å². The molecular formula is C23H32FIN6O. The van der Waals surface area contributed by atoms with Crippen LogP contribution in [0.25, 0.3) is 5.69 Å². The summed E-state index contributed by atoms with van der Waals surface area (Å²) in [5.41, 5.74) is 2.26. The van der Waals surface area contributed by atoms with Gasteiger partial charge < -0.3 is 19.7 Å². The number of nitrogens with zero attached hydrogens (tertiary/aromatic N) is 4. The van der Waals surface area contributed by atoms with Crippen LogP contribution in [-0.4, -0.2) is 27.2 Å². The molecule has 0 fully saturated rings. The molecule has 0 spiro atoms. The van der Waals surface area contributed by atoms with Gasteiger partial charge in [0, 0.05) is 30.9 Å². The van der Waals surface area contributed by atoms with Crippen molar-refractivity contribution in [1.29, 1.82) is 0 Å². The number of imidazole rings is 1. The van der Waals surface area contributed by atoms with E-state index in [9.17, 15) is 4.39 Å². The van der Waals surface area contributed by atoms with Crippen molar-refractivity contribution in [1.82, 2.24) is 25.3 Å². The standard InChI is InChI=1S/C23H31FN6O.HI/c1-5-18(6-2)21-13-19(31-29-21)15-28-23(25-7-3)27-14-17-8-9-22(20(24)12-17)30-11-10-26-16(30)4;/h8-13,18H,5-7,14-15H2,1-4H3,(H2,25,27,28);1H. The molecule has 1 aromatic carbocycles. The van der Waals surface area contributed by atoms with Crippen LogP contribution in [0, 0.1) is 12.7 Å². The van der Waals surface area contributed by atoms with Gasteiger partial charge in [0.2, 0.25) is 0 Å². The molecule has 2 N–H and O–H groups in total. The molecule has 7 nitrogen and oxygen atoms in total. The highest BCUT2D eigenvalue weighted by Gasteiger charge is 2.13. The molecule has 0 aliphatic rings. The van der Waals surface area contributed by atoms with Crippen LogP contribution < -0.4 is 10.6 Å². The summed E-state index contributed by atoms with van der Waals surface area (Å²) in [4.78, 5) is 8.72. The largest absolute Gasteiger partial charge is 0.359 e. The lowest BCUT2D eigenvalue weighted by molar-refractivity contribution is 0.368. The third-order valence-electron chi connectivity index (χ3n) is 5.27. The van der Waals surface area contributed by atoms with Crippen molar-refractivity contribution in [2.75, 3.05) is 6.54 Å². The normalized spacial score (nSPS) is 11.5. The predicted octanol–water partition coefficient (Wildman–Crippen LogP) is 5.08. The first kappa shape index (κ1) is 25.8. The zero-order valence-corrected chi connectivity index (χ0v) is 21.4. The number of aromatic nitrogens is 3. The molecule has 2 aromatic heterocycles. The number of rotatable bonds is 9. The average Bonchev–Trinajstić information content (AvgIpc) is 3.40. The van der Waals surface area contributed by atoms with Gasteiger partial charge in [-0.15, -0.1) is 24.0 Å². The summed E-state index contributed by atoms with van der Waals surface area (Å²) in [6, 6.07) is 7.15. The van der Waals surface area contributed by atoms with Gasteiger partial charge in [0.1, 0.15) is 11.6 Å². The van der Waals surface area contributed by atoms with Crippen LogP contribution in [0.15, 0.2) is 46.2 Å². The number of guanidine groups is 1. The van der Waals surface area contributed by atoms with Crippen molar-refractivity contribution in [2.45, 2.75) is 59.5 Å². The topological polar surface area (TPSA) is 80.3 Å². The fourth-order valence-corrected chi connectivity index (χ4v) is 3.47. The lowest BCUT2D eigenvalue weighted by Gasteiger charge is -2.11. The summed E-state index contributed by atoms with van der Waals surface area (Å²) >= 11 is 0. The molecule has 3 aromatic rings. The quantitative estimate of drug-likeness (QED) is 0.219. The van der Waals surface area contributed by atoms with E-state index in [0.29, 0.717) is 37.2 Å². The van der Waals surface area contributed by atoms with Crippen LogP contribution >= 0.6 is 24.0 Å². The fraction of sp³-hybridized carbons (Fsp3) is 0.435. The SMILES string of the molecule is CCNC(=NCc1ccc(-n2ccnc2C)c(F)c1)NCc1cc(C(CC)CC)no1.I. The molecule has 0 bridgehead atoms. The average molecular weight is 554 g/mol. The maximum absolute atomic E-state index is 14.6. The highest BCUT2D eigenvalue weighted by Crippen LogP contribution is 2.22. The third-order valence-corrected chi connectivity index (χ3v) is 5.27. The Bertz CT molecular complexity index is 1010. The number of halogens is 2. The Morgan fingerprint density at radius 3 is 2.59 bits per heavy atom. The van der Waals surface area contributed by atoms with E-state index in [1.165, 1.54) is 6.07 Å². The van der Waals surface area contributed by atoms with Crippen molar-refractivity contribution in [3.8, 4) is 5.69 Å². The summed E-state index contributed by atoms with van der Waals surface area (Å²) in [5.74, 6) is 2.25. The Morgan fingerprint density at radius 1 is 1.19 bits per heavy atom. The number of aliphatic imine (C=N–C) groups is 1. The number of hydrogen-bond donors (Lipinski definition) is 2. The molecule has 0 atom stereocenters. The highest BCUT2D eigenvalue weighted by atomic mass is 127. The molecule has 2 heterocycles. The highest BCUT2D eigenvalue weighted by molar-refractivity contribution is 14.0. The summed E-state index contributed by atoms with van der Waals surface area (Å²) in [5, 5.41) is 10.6. The van der Waals surface area contributed by atoms with E-state index in [0.717, 1.165) is 35.7 Å². The lowest BCUT2D eigenvalue weighted by atomic mass is 9.99. The molecule has 9 heteroatoms. The van der Waals surface area contributed by atoms with Crippen molar-refractivity contribution in [3.63, 3.8) is 0 Å². The first-order valence-electron chi connectivity index (χ1n) is 10.8. The Hall–Kier alpha value is -2.43. The minimum atomic E-state index is -0.303. The zero-order valence-electron chi connectivity index (χ0n) is 19.1. The Morgan fingerprint density at radius 2 is 1.97 bits per heavy atom. The van der Waals surface area contributed by atoms with Gasteiger partial charge in [0.15, 0.2) is 11.7 Å². The van der Waals surface area contributed by atoms with Crippen LogP contribution in [0.2, 0.25) is 0 Å². The van der Waals surface area contributed by atoms with E-state index in [2.05, 4.69) is 39.6 Å². The van der Waals surface area contributed by atoms with E-state index in [4.69, 9.17) is 4.52 Å². The number of aryl methyl sites for hydroxylation is 1. The second-order valence-electron chi connectivity index (χ2n) is 7.41. The molecule has 0 aliphatic carbocycles. The summed E-state index contributed by atoms with van der Waals surface area (Å²) in [6.45, 7) is 9.70. The molecule has 0 saturated carbocycles. The minimum Gasteiger partial charge on any atom is -0.359 e. The molecule has 32 heavy (non-hydrogen) atoms. The molecule has 0 aliphatic heterocycles. The van der Waals surface area contributed by atoms with Crippen LogP contribution in [0.3, 0.4) is 0 Å². The van der Waals surface area contributed by atoms with Gasteiger partial charge in [-0.25, -0.2) is 14.4 Å². The first-order valence-corrected chi connectivity index (χ1v) is 10.8. The Kier molecular flexibility index (Phi) is 10.1. The van der Waals surface area contributed by atoms with Crippen LogP contribution in [0.5, 0.6) is 0 Å². The van der Waals surface area contributed by atoms with Gasteiger partial charge in [0.05, 0.1) is 24.5 Å². The molecule has 0 amide bonds. The van der Waals surface area contributed by atoms with Crippen molar-refractivity contribution in [3.05, 3.63) is 65.3 Å². The summed E-state index contributed by atoms with van der Waals surface area (Å²) in [6.07, 6.45) is 5.48. The smallest absolute Gasteiger partial charge is 0.191 e. The maximum Gasteiger partial charge on any atom is 0.191 e. The van der Waals surface area contributed by atoms with E-state index in [1.807, 2.05) is 26.0 Å². The van der Waals surface area contributed by atoms with Gasteiger partial charge in [-0.05, 0) is 44.4 Å². The zero-order chi connectivity index (χ0) is 22.2. The Balaban J connectivity index is 0.00000363. The van der Waals surface area contributed by atoms with Crippen LogP contribution in [0.1, 0.15) is 62.4 Å². The fourth-order valence-electron chi connectivity index (χ4n) is 3.47. The van der Waals surface area contributed by atoms with Gasteiger partial charge in [-0.2, -0.15) is 0 Å². The third kappa shape index (κ3) is 6.54. The van der Waals surface area contributed by atoms with Gasteiger partial charge in [-0.1, -0.05) is 25.1 Å². The number of hydrogen-bond acceptors (Lipinski definition) is 4. The number of nitrogens with one attached hydrogen (secondary N) is 2. The van der Waals surface area contributed by atoms with Crippen LogP contribution in [-0.2, 0) is 13.1 Å². The molecule has 0 saturated heterocycles. The summed E-state index contributed by atoms with van der Waals surface area (Å²) in [7, 11) is 0. The van der Waals surface area contributed by atoms with E-state index >= 15 is 0 Å². The second-order valence-corrected chi connectivity index (χ2v) is 7.41. The van der Waals surface area contributed by atoms with Gasteiger partial charge >= 0.3 is 0 Å². The predicted molar refractivity (Wildman–Crippen MR) is 135 cm³/mol. The van der Waals surface area contributed by atoms with Gasteiger partial charge in [0.25, 0.3) is 0 Å². The lowest BCUT2D eigenvalue weighted by Crippen LogP contribution is -2.36. The molecule has 0 unspecified atom stereocenters.